The maximum atomic E-state index is 5.45. The first-order valence-corrected chi connectivity index (χ1v) is 7.10. The zero-order chi connectivity index (χ0) is 14.7. The molecule has 0 amide bonds. The smallest absolute Gasteiger partial charge is 0.165 e. The molecule has 0 aliphatic heterocycles. The fourth-order valence-corrected chi connectivity index (χ4v) is 2.78. The number of ether oxygens (including phenoxy) is 2. The number of benzene rings is 1. The number of nitrogens with zero attached hydrogens (tertiary/aromatic N) is 2. The Hall–Kier alpha value is -2.30. The number of hydrogen-bond donors (Lipinski definition) is 1. The van der Waals surface area contributed by atoms with Crippen LogP contribution in [0.2, 0.25) is 0 Å². The highest BCUT2D eigenvalue weighted by Crippen LogP contribution is 2.32. The maximum absolute atomic E-state index is 5.45. The number of aromatic nitrogens is 2. The molecule has 2 aromatic rings. The first-order valence-electron chi connectivity index (χ1n) is 7.10. The van der Waals surface area contributed by atoms with Crippen molar-refractivity contribution >= 4 is 5.82 Å². The van der Waals surface area contributed by atoms with E-state index in [-0.39, 0.29) is 0 Å². The van der Waals surface area contributed by atoms with Crippen molar-refractivity contribution < 1.29 is 9.47 Å². The van der Waals surface area contributed by atoms with Gasteiger partial charge in [-0.2, -0.15) is 0 Å². The molecule has 0 atom stereocenters. The highest BCUT2D eigenvalue weighted by atomic mass is 16.5. The summed E-state index contributed by atoms with van der Waals surface area (Å²) < 4.78 is 10.8. The van der Waals surface area contributed by atoms with Gasteiger partial charge in [-0.05, 0) is 25.3 Å². The second-order valence-corrected chi connectivity index (χ2v) is 5.01. The van der Waals surface area contributed by atoms with Gasteiger partial charge in [-0.15, -0.1) is 0 Å². The van der Waals surface area contributed by atoms with E-state index in [1.54, 1.807) is 20.5 Å². The molecule has 0 saturated carbocycles. The van der Waals surface area contributed by atoms with Crippen molar-refractivity contribution in [1.82, 2.24) is 9.97 Å². The summed E-state index contributed by atoms with van der Waals surface area (Å²) in [7, 11) is 3.30. The Labute approximate surface area is 124 Å². The zero-order valence-corrected chi connectivity index (χ0v) is 12.3. The fourth-order valence-electron chi connectivity index (χ4n) is 2.78. The molecule has 5 nitrogen and oxygen atoms in total. The normalized spacial score (nSPS) is 12.9. The van der Waals surface area contributed by atoms with Crippen molar-refractivity contribution in [1.29, 1.82) is 0 Å². The Morgan fingerprint density at radius 1 is 1.14 bits per heavy atom. The molecule has 3 rings (SSSR count). The fraction of sp³-hybridized carbons (Fsp3) is 0.375. The van der Waals surface area contributed by atoms with Gasteiger partial charge in [-0.25, -0.2) is 9.97 Å². The van der Waals surface area contributed by atoms with Crippen molar-refractivity contribution in [2.45, 2.75) is 25.8 Å². The van der Waals surface area contributed by atoms with E-state index in [2.05, 4.69) is 15.3 Å². The summed E-state index contributed by atoms with van der Waals surface area (Å²) in [6.07, 6.45) is 4.89. The molecule has 110 valence electrons. The van der Waals surface area contributed by atoms with Gasteiger partial charge in [0.05, 0.1) is 14.2 Å². The predicted octanol–water partition coefficient (Wildman–Crippen LogP) is 2.59. The number of fused-ring (bicyclic) bond motifs is 1. The summed E-state index contributed by atoms with van der Waals surface area (Å²) in [5, 5.41) is 3.40. The first kappa shape index (κ1) is 13.7. The molecular weight excluding hydrogens is 266 g/mol. The van der Waals surface area contributed by atoms with Crippen molar-refractivity contribution in [3.8, 4) is 11.5 Å². The molecule has 0 spiro atoms. The Bertz CT molecular complexity index is 643. The highest BCUT2D eigenvalue weighted by Gasteiger charge is 2.17. The zero-order valence-electron chi connectivity index (χ0n) is 12.3. The van der Waals surface area contributed by atoms with Crippen LogP contribution in [0.15, 0.2) is 24.5 Å². The van der Waals surface area contributed by atoms with Gasteiger partial charge in [0, 0.05) is 23.4 Å². The topological polar surface area (TPSA) is 56.3 Å². The van der Waals surface area contributed by atoms with Crippen LogP contribution in [0.1, 0.15) is 23.2 Å². The lowest BCUT2D eigenvalue weighted by atomic mass is 10.1. The maximum Gasteiger partial charge on any atom is 0.165 e. The van der Waals surface area contributed by atoms with Gasteiger partial charge in [0.15, 0.2) is 11.5 Å². The number of nitrogens with one attached hydrogen (secondary N) is 1. The van der Waals surface area contributed by atoms with Crippen LogP contribution in [-0.2, 0) is 19.4 Å². The Morgan fingerprint density at radius 2 is 2.05 bits per heavy atom. The van der Waals surface area contributed by atoms with E-state index < -0.39 is 0 Å². The van der Waals surface area contributed by atoms with Gasteiger partial charge in [-0.1, -0.05) is 12.1 Å². The van der Waals surface area contributed by atoms with Crippen molar-refractivity contribution in [2.75, 3.05) is 19.5 Å². The minimum absolute atomic E-state index is 0.643. The molecule has 1 heterocycles. The summed E-state index contributed by atoms with van der Waals surface area (Å²) in [6, 6.07) is 5.88. The minimum Gasteiger partial charge on any atom is -0.493 e. The molecule has 1 N–H and O–H groups in total. The first-order chi connectivity index (χ1) is 10.3. The van der Waals surface area contributed by atoms with Crippen LogP contribution in [0.4, 0.5) is 5.82 Å². The lowest BCUT2D eigenvalue weighted by molar-refractivity contribution is 0.352. The number of methoxy groups -OCH3 is 2. The van der Waals surface area contributed by atoms with Gasteiger partial charge in [0.1, 0.15) is 12.1 Å². The average molecular weight is 285 g/mol. The molecule has 5 heteroatoms. The Morgan fingerprint density at radius 3 is 2.86 bits per heavy atom. The monoisotopic (exact) mass is 285 g/mol. The molecule has 0 unspecified atom stereocenters. The van der Waals surface area contributed by atoms with Gasteiger partial charge in [0.2, 0.25) is 0 Å². The molecular formula is C16H19N3O2. The van der Waals surface area contributed by atoms with Crippen LogP contribution in [0.5, 0.6) is 11.5 Å². The van der Waals surface area contributed by atoms with Crippen LogP contribution < -0.4 is 14.8 Å². The van der Waals surface area contributed by atoms with Crippen molar-refractivity contribution in [3.63, 3.8) is 0 Å². The van der Waals surface area contributed by atoms with Gasteiger partial charge in [-0.3, -0.25) is 0 Å². The Kier molecular flexibility index (Phi) is 3.90. The molecule has 0 radical (unpaired) electrons. The SMILES string of the molecule is COc1cccc(CNc2ncnc3c2CCC3)c1OC. The Balaban J connectivity index is 1.81. The van der Waals surface area contributed by atoms with E-state index in [9.17, 15) is 0 Å². The highest BCUT2D eigenvalue weighted by molar-refractivity contribution is 5.51. The van der Waals surface area contributed by atoms with Crippen molar-refractivity contribution in [2.24, 2.45) is 0 Å². The summed E-state index contributed by atoms with van der Waals surface area (Å²) in [4.78, 5) is 8.71. The van der Waals surface area contributed by atoms with Crippen molar-refractivity contribution in [3.05, 3.63) is 41.3 Å². The van der Waals surface area contributed by atoms with E-state index in [0.717, 1.165) is 42.1 Å². The minimum atomic E-state index is 0.643. The molecule has 1 aliphatic rings. The van der Waals surface area contributed by atoms with E-state index in [1.165, 1.54) is 11.3 Å². The lowest BCUT2D eigenvalue weighted by Crippen LogP contribution is -2.07. The summed E-state index contributed by atoms with van der Waals surface area (Å²) in [5.41, 5.74) is 3.46. The standard InChI is InChI=1S/C16H19N3O2/c1-20-14-8-3-5-11(15(14)21-2)9-17-16-12-6-4-7-13(12)18-10-19-16/h3,5,8,10H,4,6-7,9H2,1-2H3,(H,17,18,19). The summed E-state index contributed by atoms with van der Waals surface area (Å²) >= 11 is 0. The van der Waals surface area contributed by atoms with Crippen LogP contribution in [0.25, 0.3) is 0 Å². The van der Waals surface area contributed by atoms with E-state index in [1.807, 2.05) is 18.2 Å². The molecule has 0 bridgehead atoms. The molecule has 0 fully saturated rings. The molecule has 1 aromatic heterocycles. The third-order valence-corrected chi connectivity index (χ3v) is 3.81. The number of rotatable bonds is 5. The predicted molar refractivity (Wildman–Crippen MR) is 80.9 cm³/mol. The largest absolute Gasteiger partial charge is 0.493 e. The molecule has 1 aromatic carbocycles. The molecule has 0 saturated heterocycles. The van der Waals surface area contributed by atoms with Crippen LogP contribution in [0, 0.1) is 0 Å². The van der Waals surface area contributed by atoms with E-state index >= 15 is 0 Å². The van der Waals surface area contributed by atoms with Crippen LogP contribution >= 0.6 is 0 Å². The molecule has 1 aliphatic carbocycles. The number of hydrogen-bond acceptors (Lipinski definition) is 5. The van der Waals surface area contributed by atoms with Gasteiger partial charge in [0.25, 0.3) is 0 Å². The molecule has 21 heavy (non-hydrogen) atoms. The second kappa shape index (κ2) is 5.99. The van der Waals surface area contributed by atoms with E-state index in [4.69, 9.17) is 9.47 Å². The third kappa shape index (κ3) is 2.63. The van der Waals surface area contributed by atoms with Crippen LogP contribution in [0.3, 0.4) is 0 Å². The summed E-state index contributed by atoms with van der Waals surface area (Å²) in [6.45, 7) is 0.643. The summed E-state index contributed by atoms with van der Waals surface area (Å²) in [5.74, 6) is 2.44. The quantitative estimate of drug-likeness (QED) is 0.915. The van der Waals surface area contributed by atoms with Gasteiger partial charge < -0.3 is 14.8 Å². The second-order valence-electron chi connectivity index (χ2n) is 5.01. The number of para-hydroxylation sites is 1. The third-order valence-electron chi connectivity index (χ3n) is 3.81. The van der Waals surface area contributed by atoms with E-state index in [0.29, 0.717) is 6.54 Å². The average Bonchev–Trinajstić information content (AvgIpc) is 3.01. The lowest BCUT2D eigenvalue weighted by Gasteiger charge is -2.14. The van der Waals surface area contributed by atoms with Crippen LogP contribution in [-0.4, -0.2) is 24.2 Å². The van der Waals surface area contributed by atoms with Gasteiger partial charge >= 0.3 is 0 Å². The number of aryl methyl sites for hydroxylation is 1. The number of anilines is 1.